The highest BCUT2D eigenvalue weighted by molar-refractivity contribution is 9.10. The number of nitrogens with two attached hydrogens (primary N) is 1. The van der Waals surface area contributed by atoms with Crippen molar-refractivity contribution in [2.75, 3.05) is 0 Å². The first-order chi connectivity index (χ1) is 8.47. The summed E-state index contributed by atoms with van der Waals surface area (Å²) in [7, 11) is 0. The zero-order chi connectivity index (χ0) is 13.7. The van der Waals surface area contributed by atoms with Crippen molar-refractivity contribution in [1.82, 2.24) is 5.43 Å². The lowest BCUT2D eigenvalue weighted by molar-refractivity contribution is 0.447. The molecule has 2 nitrogen and oxygen atoms in total. The Morgan fingerprint density at radius 3 is 2.50 bits per heavy atom. The molecule has 0 bridgehead atoms. The summed E-state index contributed by atoms with van der Waals surface area (Å²) in [5.74, 6) is 4.39. The minimum Gasteiger partial charge on any atom is -0.271 e. The summed E-state index contributed by atoms with van der Waals surface area (Å²) in [6.07, 6.45) is 2.86. The zero-order valence-corrected chi connectivity index (χ0v) is 12.2. The molecule has 0 aromatic heterocycles. The van der Waals surface area contributed by atoms with Crippen LogP contribution in [-0.4, -0.2) is 0 Å². The molecule has 0 fully saturated rings. The van der Waals surface area contributed by atoms with Crippen molar-refractivity contribution >= 4 is 15.9 Å². The third-order valence-corrected chi connectivity index (χ3v) is 3.72. The summed E-state index contributed by atoms with van der Waals surface area (Å²) in [5, 5.41) is 0. The fourth-order valence-electron chi connectivity index (χ4n) is 1.87. The molecule has 0 saturated heterocycles. The van der Waals surface area contributed by atoms with E-state index in [0.717, 1.165) is 25.3 Å². The van der Waals surface area contributed by atoms with Crippen molar-refractivity contribution in [1.29, 1.82) is 0 Å². The molecule has 0 spiro atoms. The molecule has 1 unspecified atom stereocenters. The van der Waals surface area contributed by atoms with Crippen LogP contribution in [-0.2, 0) is 0 Å². The molecule has 0 amide bonds. The van der Waals surface area contributed by atoms with Gasteiger partial charge >= 0.3 is 0 Å². The second-order valence-corrected chi connectivity index (χ2v) is 5.60. The smallest absolute Gasteiger partial charge is 0.173 e. The number of halogens is 3. The fraction of sp³-hybridized carbons (Fsp3) is 0.538. The minimum atomic E-state index is -0.864. The van der Waals surface area contributed by atoms with Crippen molar-refractivity contribution < 1.29 is 8.78 Å². The highest BCUT2D eigenvalue weighted by Crippen LogP contribution is 2.30. The Labute approximate surface area is 115 Å². The maximum Gasteiger partial charge on any atom is 0.173 e. The van der Waals surface area contributed by atoms with Crippen LogP contribution < -0.4 is 11.3 Å². The van der Waals surface area contributed by atoms with E-state index >= 15 is 0 Å². The van der Waals surface area contributed by atoms with Gasteiger partial charge in [0.25, 0.3) is 0 Å². The summed E-state index contributed by atoms with van der Waals surface area (Å²) < 4.78 is 26.6. The van der Waals surface area contributed by atoms with Crippen LogP contribution in [0.25, 0.3) is 0 Å². The topological polar surface area (TPSA) is 38.0 Å². The Hall–Kier alpha value is -0.520. The molecule has 0 aliphatic rings. The summed E-state index contributed by atoms with van der Waals surface area (Å²) in [4.78, 5) is 0. The Balaban J connectivity index is 2.79. The summed E-state index contributed by atoms with van der Waals surface area (Å²) >= 11 is 3.08. The van der Waals surface area contributed by atoms with E-state index in [1.807, 2.05) is 0 Å². The highest BCUT2D eigenvalue weighted by atomic mass is 79.9. The molecule has 0 aliphatic carbocycles. The van der Waals surface area contributed by atoms with E-state index in [1.54, 1.807) is 6.07 Å². The molecule has 5 heteroatoms. The lowest BCUT2D eigenvalue weighted by atomic mass is 9.98. The Kier molecular flexibility index (Phi) is 6.18. The average molecular weight is 321 g/mol. The predicted octanol–water partition coefficient (Wildman–Crippen LogP) is 4.06. The predicted molar refractivity (Wildman–Crippen MR) is 72.8 cm³/mol. The number of benzene rings is 1. The van der Waals surface area contributed by atoms with E-state index < -0.39 is 11.6 Å². The molecule has 0 aliphatic heterocycles. The van der Waals surface area contributed by atoms with Crippen molar-refractivity contribution in [3.8, 4) is 0 Å². The third-order valence-electron chi connectivity index (χ3n) is 2.92. The van der Waals surface area contributed by atoms with Crippen LogP contribution in [0.2, 0.25) is 0 Å². The second-order valence-electron chi connectivity index (χ2n) is 4.81. The van der Waals surface area contributed by atoms with Crippen LogP contribution in [0.5, 0.6) is 0 Å². The summed E-state index contributed by atoms with van der Waals surface area (Å²) in [5.41, 5.74) is 3.31. The van der Waals surface area contributed by atoms with Gasteiger partial charge in [0.15, 0.2) is 11.6 Å². The first-order valence-corrected chi connectivity index (χ1v) is 6.86. The Bertz CT molecular complexity index is 397. The molecule has 18 heavy (non-hydrogen) atoms. The molecule has 3 N–H and O–H groups in total. The van der Waals surface area contributed by atoms with Crippen LogP contribution in [0, 0.1) is 17.6 Å². The van der Waals surface area contributed by atoms with Gasteiger partial charge in [0.2, 0.25) is 0 Å². The van der Waals surface area contributed by atoms with E-state index in [1.165, 1.54) is 0 Å². The number of rotatable bonds is 6. The SMILES string of the molecule is CC(C)CCCC(NN)c1ccc(F)c(F)c1Br. The zero-order valence-electron chi connectivity index (χ0n) is 10.6. The van der Waals surface area contributed by atoms with Crippen LogP contribution in [0.4, 0.5) is 8.78 Å². The van der Waals surface area contributed by atoms with Crippen LogP contribution in [0.3, 0.4) is 0 Å². The van der Waals surface area contributed by atoms with Gasteiger partial charge in [0, 0.05) is 6.04 Å². The van der Waals surface area contributed by atoms with Crippen molar-refractivity contribution in [3.63, 3.8) is 0 Å². The highest BCUT2D eigenvalue weighted by Gasteiger charge is 2.18. The molecule has 1 aromatic rings. The van der Waals surface area contributed by atoms with E-state index in [-0.39, 0.29) is 10.5 Å². The lowest BCUT2D eigenvalue weighted by Crippen LogP contribution is -2.28. The van der Waals surface area contributed by atoms with Gasteiger partial charge in [-0.25, -0.2) is 8.78 Å². The number of hydrazine groups is 1. The first kappa shape index (κ1) is 15.5. The minimum absolute atomic E-state index is 0.148. The second kappa shape index (κ2) is 7.16. The van der Waals surface area contributed by atoms with Gasteiger partial charge in [0.05, 0.1) is 4.47 Å². The van der Waals surface area contributed by atoms with Gasteiger partial charge in [-0.05, 0) is 39.9 Å². The van der Waals surface area contributed by atoms with Crippen molar-refractivity contribution in [2.24, 2.45) is 11.8 Å². The molecule has 0 radical (unpaired) electrons. The fourth-order valence-corrected chi connectivity index (χ4v) is 2.47. The van der Waals surface area contributed by atoms with Gasteiger partial charge in [-0.15, -0.1) is 0 Å². The molecule has 0 saturated carbocycles. The summed E-state index contributed by atoms with van der Waals surface area (Å²) in [6, 6.07) is 2.51. The van der Waals surface area contributed by atoms with E-state index in [0.29, 0.717) is 11.5 Å². The van der Waals surface area contributed by atoms with Gasteiger partial charge in [-0.3, -0.25) is 11.3 Å². The molecule has 0 heterocycles. The van der Waals surface area contributed by atoms with E-state index in [4.69, 9.17) is 5.84 Å². The Morgan fingerprint density at radius 2 is 1.94 bits per heavy atom. The average Bonchev–Trinajstić information content (AvgIpc) is 2.33. The van der Waals surface area contributed by atoms with Crippen LogP contribution in [0.15, 0.2) is 16.6 Å². The Morgan fingerprint density at radius 1 is 1.28 bits per heavy atom. The molecule has 1 atom stereocenters. The van der Waals surface area contributed by atoms with Crippen LogP contribution >= 0.6 is 15.9 Å². The maximum absolute atomic E-state index is 13.4. The van der Waals surface area contributed by atoms with Gasteiger partial charge in [-0.2, -0.15) is 0 Å². The third kappa shape index (κ3) is 4.00. The quantitative estimate of drug-likeness (QED) is 0.471. The van der Waals surface area contributed by atoms with Gasteiger partial charge in [0.1, 0.15) is 0 Å². The lowest BCUT2D eigenvalue weighted by Gasteiger charge is -2.18. The summed E-state index contributed by atoms with van der Waals surface area (Å²) in [6.45, 7) is 4.30. The van der Waals surface area contributed by atoms with Crippen molar-refractivity contribution in [3.05, 3.63) is 33.8 Å². The molecular formula is C13H19BrF2N2. The van der Waals surface area contributed by atoms with E-state index in [9.17, 15) is 8.78 Å². The van der Waals surface area contributed by atoms with Crippen molar-refractivity contribution in [2.45, 2.75) is 39.2 Å². The number of nitrogens with one attached hydrogen (secondary N) is 1. The normalized spacial score (nSPS) is 13.1. The monoisotopic (exact) mass is 320 g/mol. The van der Waals surface area contributed by atoms with Crippen LogP contribution in [0.1, 0.15) is 44.7 Å². The van der Waals surface area contributed by atoms with Gasteiger partial charge < -0.3 is 0 Å². The molecular weight excluding hydrogens is 302 g/mol. The molecule has 1 aromatic carbocycles. The molecule has 102 valence electrons. The number of hydrogen-bond acceptors (Lipinski definition) is 2. The van der Waals surface area contributed by atoms with E-state index in [2.05, 4.69) is 35.2 Å². The molecule has 1 rings (SSSR count). The maximum atomic E-state index is 13.4. The number of hydrogen-bond donors (Lipinski definition) is 2. The van der Waals surface area contributed by atoms with Gasteiger partial charge in [-0.1, -0.05) is 32.8 Å². The first-order valence-electron chi connectivity index (χ1n) is 6.06. The largest absolute Gasteiger partial charge is 0.271 e. The standard InChI is InChI=1S/C13H19BrF2N2/c1-8(2)4-3-5-11(18-17)9-6-7-10(15)13(16)12(9)14/h6-8,11,18H,3-5,17H2,1-2H3.